The fourth-order valence-corrected chi connectivity index (χ4v) is 6.98. The molecule has 0 N–H and O–H groups in total. The first kappa shape index (κ1) is 24.9. The van der Waals surface area contributed by atoms with Gasteiger partial charge in [-0.05, 0) is 63.4 Å². The monoisotopic (exact) mass is 565 g/mol. The molecule has 6 aromatic carbocycles. The van der Waals surface area contributed by atoms with Crippen molar-refractivity contribution in [3.63, 3.8) is 0 Å². The molecule has 0 spiro atoms. The van der Waals surface area contributed by atoms with Crippen LogP contribution in [0.5, 0.6) is 0 Å². The van der Waals surface area contributed by atoms with Gasteiger partial charge in [0, 0.05) is 32.9 Å². The van der Waals surface area contributed by atoms with Crippen LogP contribution >= 0.6 is 0 Å². The Balaban J connectivity index is 1.28. The van der Waals surface area contributed by atoms with Crippen LogP contribution in [0.15, 0.2) is 132 Å². The van der Waals surface area contributed by atoms with Crippen LogP contribution in [-0.4, -0.2) is 15.0 Å². The molecule has 1 aliphatic carbocycles. The van der Waals surface area contributed by atoms with Crippen LogP contribution in [0, 0.1) is 0 Å². The van der Waals surface area contributed by atoms with Crippen molar-refractivity contribution < 1.29 is 4.42 Å². The maximum atomic E-state index is 6.29. The van der Waals surface area contributed by atoms with Crippen LogP contribution in [0.2, 0.25) is 0 Å². The number of nitrogens with zero attached hydrogens (tertiary/aromatic N) is 3. The number of hydrogen-bond acceptors (Lipinski definition) is 4. The van der Waals surface area contributed by atoms with Crippen molar-refractivity contribution in [1.29, 1.82) is 0 Å². The van der Waals surface area contributed by atoms with Crippen molar-refractivity contribution in [2.24, 2.45) is 0 Å². The minimum Gasteiger partial charge on any atom is -0.456 e. The lowest BCUT2D eigenvalue weighted by molar-refractivity contribution is 0.661. The van der Waals surface area contributed by atoms with Crippen molar-refractivity contribution in [3.8, 4) is 45.3 Å². The van der Waals surface area contributed by atoms with Gasteiger partial charge in [-0.3, -0.25) is 0 Å². The molecule has 1 aliphatic rings. The third-order valence-electron chi connectivity index (χ3n) is 9.08. The number of benzene rings is 6. The second-order valence-electron chi connectivity index (χ2n) is 12.1. The summed E-state index contributed by atoms with van der Waals surface area (Å²) in [5.74, 6) is 1.96. The highest BCUT2D eigenvalue weighted by atomic mass is 16.3. The zero-order chi connectivity index (χ0) is 29.4. The number of hydrogen-bond donors (Lipinski definition) is 0. The van der Waals surface area contributed by atoms with Crippen LogP contribution < -0.4 is 0 Å². The first-order chi connectivity index (χ1) is 21.5. The van der Waals surface area contributed by atoms with E-state index in [-0.39, 0.29) is 5.41 Å². The molecule has 0 amide bonds. The van der Waals surface area contributed by atoms with E-state index in [0.29, 0.717) is 17.5 Å². The molecule has 0 aliphatic heterocycles. The van der Waals surface area contributed by atoms with Gasteiger partial charge in [0.15, 0.2) is 17.5 Å². The van der Waals surface area contributed by atoms with E-state index >= 15 is 0 Å². The standard InChI is InChI=1S/C40H27N3O/c1-40(2)33-18-9-8-15-28(33)29-16-10-17-30(36(29)40)39-42-37(24-11-4-3-5-12-24)41-38(43-39)27-19-20-34-31(22-27)32-21-25-13-6-7-14-26(25)23-35(32)44-34/h3-23H,1-2H3. The second kappa shape index (κ2) is 9.19. The molecule has 2 aromatic heterocycles. The SMILES string of the molecule is CC1(C)c2ccccc2-c2cccc(-c3nc(-c4ccccc4)nc(-c4ccc5oc6cc7ccccc7cc6c5c4)n3)c21. The molecule has 0 unspecified atom stereocenters. The van der Waals surface area contributed by atoms with E-state index in [2.05, 4.69) is 111 Å². The number of rotatable bonds is 3. The highest BCUT2D eigenvalue weighted by Gasteiger charge is 2.38. The summed E-state index contributed by atoms with van der Waals surface area (Å²) in [5, 5.41) is 4.47. The average molecular weight is 566 g/mol. The summed E-state index contributed by atoms with van der Waals surface area (Å²) in [6.45, 7) is 4.59. The van der Waals surface area contributed by atoms with Gasteiger partial charge in [0.2, 0.25) is 0 Å². The molecule has 0 saturated heterocycles. The normalized spacial score (nSPS) is 13.4. The Morgan fingerprint density at radius 1 is 0.477 bits per heavy atom. The molecule has 0 atom stereocenters. The number of fused-ring (bicyclic) bond motifs is 7. The van der Waals surface area contributed by atoms with Gasteiger partial charge in [0.1, 0.15) is 11.2 Å². The zero-order valence-electron chi connectivity index (χ0n) is 24.4. The topological polar surface area (TPSA) is 51.8 Å². The Bertz CT molecular complexity index is 2420. The van der Waals surface area contributed by atoms with Crippen LogP contribution in [0.1, 0.15) is 25.0 Å². The average Bonchev–Trinajstić information content (AvgIpc) is 3.54. The molecule has 2 heterocycles. The summed E-state index contributed by atoms with van der Waals surface area (Å²) in [4.78, 5) is 15.3. The van der Waals surface area contributed by atoms with E-state index in [1.165, 1.54) is 27.6 Å². The highest BCUT2D eigenvalue weighted by Crippen LogP contribution is 2.51. The molecule has 0 saturated carbocycles. The van der Waals surface area contributed by atoms with Crippen molar-refractivity contribution in [2.45, 2.75) is 19.3 Å². The lowest BCUT2D eigenvalue weighted by Gasteiger charge is -2.24. The second-order valence-corrected chi connectivity index (χ2v) is 12.1. The number of furan rings is 1. The molecule has 9 rings (SSSR count). The molecular formula is C40H27N3O. The molecule has 4 heteroatoms. The highest BCUT2D eigenvalue weighted by molar-refractivity contribution is 6.10. The smallest absolute Gasteiger partial charge is 0.164 e. The fraction of sp³-hybridized carbons (Fsp3) is 0.0750. The van der Waals surface area contributed by atoms with E-state index in [0.717, 1.165) is 44.0 Å². The van der Waals surface area contributed by atoms with Gasteiger partial charge in [-0.1, -0.05) is 111 Å². The predicted octanol–water partition coefficient (Wildman–Crippen LogP) is 10.2. The maximum absolute atomic E-state index is 6.29. The summed E-state index contributed by atoms with van der Waals surface area (Å²) in [7, 11) is 0. The van der Waals surface area contributed by atoms with E-state index < -0.39 is 0 Å². The Morgan fingerprint density at radius 3 is 1.95 bits per heavy atom. The quantitative estimate of drug-likeness (QED) is 0.214. The lowest BCUT2D eigenvalue weighted by atomic mass is 9.80. The van der Waals surface area contributed by atoms with Crippen LogP contribution in [0.4, 0.5) is 0 Å². The molecule has 208 valence electrons. The summed E-state index contributed by atoms with van der Waals surface area (Å²) in [6, 6.07) is 44.3. The largest absolute Gasteiger partial charge is 0.456 e. The first-order valence-corrected chi connectivity index (χ1v) is 15.0. The molecular weight excluding hydrogens is 538 g/mol. The van der Waals surface area contributed by atoms with E-state index in [9.17, 15) is 0 Å². The van der Waals surface area contributed by atoms with Crippen LogP contribution in [0.25, 0.3) is 78.0 Å². The third-order valence-corrected chi connectivity index (χ3v) is 9.08. The fourth-order valence-electron chi connectivity index (χ4n) is 6.98. The summed E-state index contributed by atoms with van der Waals surface area (Å²) >= 11 is 0. The van der Waals surface area contributed by atoms with Crippen molar-refractivity contribution in [2.75, 3.05) is 0 Å². The summed E-state index contributed by atoms with van der Waals surface area (Å²) in [6.07, 6.45) is 0. The Morgan fingerprint density at radius 2 is 1.11 bits per heavy atom. The van der Waals surface area contributed by atoms with Crippen molar-refractivity contribution in [3.05, 3.63) is 139 Å². The minimum atomic E-state index is -0.195. The Hall–Kier alpha value is -5.61. The van der Waals surface area contributed by atoms with Gasteiger partial charge in [-0.2, -0.15) is 0 Å². The summed E-state index contributed by atoms with van der Waals surface area (Å²) in [5.41, 5.74) is 9.52. The first-order valence-electron chi connectivity index (χ1n) is 15.0. The van der Waals surface area contributed by atoms with Gasteiger partial charge < -0.3 is 4.42 Å². The van der Waals surface area contributed by atoms with Gasteiger partial charge in [0.05, 0.1) is 0 Å². The summed E-state index contributed by atoms with van der Waals surface area (Å²) < 4.78 is 6.29. The number of aromatic nitrogens is 3. The van der Waals surface area contributed by atoms with Gasteiger partial charge in [-0.15, -0.1) is 0 Å². The Labute approximate surface area is 254 Å². The van der Waals surface area contributed by atoms with Crippen molar-refractivity contribution >= 4 is 32.7 Å². The molecule has 44 heavy (non-hydrogen) atoms. The zero-order valence-corrected chi connectivity index (χ0v) is 24.4. The molecule has 0 bridgehead atoms. The lowest BCUT2D eigenvalue weighted by Crippen LogP contribution is -2.17. The maximum Gasteiger partial charge on any atom is 0.164 e. The van der Waals surface area contributed by atoms with Crippen molar-refractivity contribution in [1.82, 2.24) is 15.0 Å². The van der Waals surface area contributed by atoms with Gasteiger partial charge in [0.25, 0.3) is 0 Å². The van der Waals surface area contributed by atoms with E-state index in [1.54, 1.807) is 0 Å². The predicted molar refractivity (Wildman–Crippen MR) is 178 cm³/mol. The molecule has 8 aromatic rings. The molecule has 0 fully saturated rings. The minimum absolute atomic E-state index is 0.195. The third kappa shape index (κ3) is 3.67. The van der Waals surface area contributed by atoms with E-state index in [1.807, 2.05) is 30.3 Å². The van der Waals surface area contributed by atoms with Crippen LogP contribution in [-0.2, 0) is 5.41 Å². The molecule has 4 nitrogen and oxygen atoms in total. The van der Waals surface area contributed by atoms with Gasteiger partial charge >= 0.3 is 0 Å². The molecule has 0 radical (unpaired) electrons. The van der Waals surface area contributed by atoms with Crippen LogP contribution in [0.3, 0.4) is 0 Å². The van der Waals surface area contributed by atoms with E-state index in [4.69, 9.17) is 19.4 Å². The van der Waals surface area contributed by atoms with Gasteiger partial charge in [-0.25, -0.2) is 15.0 Å². The Kier molecular flexibility index (Phi) is 5.21.